The van der Waals surface area contributed by atoms with Crippen molar-refractivity contribution in [3.05, 3.63) is 39.9 Å². The molecule has 1 amide bonds. The molecule has 8 heteroatoms. The van der Waals surface area contributed by atoms with E-state index in [-0.39, 0.29) is 30.0 Å². The fourth-order valence-electron chi connectivity index (χ4n) is 2.45. The zero-order valence-corrected chi connectivity index (χ0v) is 14.8. The molecule has 1 atom stereocenters. The number of halogens is 1. The zero-order valence-electron chi connectivity index (χ0n) is 13.2. The van der Waals surface area contributed by atoms with E-state index in [1.165, 1.54) is 12.1 Å². The van der Waals surface area contributed by atoms with Crippen LogP contribution in [0.2, 0.25) is 0 Å². The first-order chi connectivity index (χ1) is 10.4. The average Bonchev–Trinajstić information content (AvgIpc) is 2.47. The van der Waals surface area contributed by atoms with Gasteiger partial charge in [0.15, 0.2) is 0 Å². The summed E-state index contributed by atoms with van der Waals surface area (Å²) in [6, 6.07) is 6.51. The molecular formula is C15H22ClN3O3S. The van der Waals surface area contributed by atoms with Crippen molar-refractivity contribution >= 4 is 35.8 Å². The van der Waals surface area contributed by atoms with Gasteiger partial charge in [-0.3, -0.25) is 14.9 Å². The summed E-state index contributed by atoms with van der Waals surface area (Å²) in [7, 11) is 0. The van der Waals surface area contributed by atoms with Gasteiger partial charge in [-0.05, 0) is 31.5 Å². The number of amides is 1. The first-order valence-electron chi connectivity index (χ1n) is 7.25. The maximum Gasteiger partial charge on any atom is 0.269 e. The summed E-state index contributed by atoms with van der Waals surface area (Å²) in [5.41, 5.74) is 0.334. The molecule has 0 bridgehead atoms. The first kappa shape index (κ1) is 19.7. The molecule has 1 aromatic rings. The molecule has 0 radical (unpaired) electrons. The van der Waals surface area contributed by atoms with Crippen LogP contribution in [0.25, 0.3) is 0 Å². The number of carbonyl (C=O) groups excluding carboxylic acids is 1. The molecule has 2 rings (SSSR count). The summed E-state index contributed by atoms with van der Waals surface area (Å²) in [6.45, 7) is 4.73. The number of nitrogens with zero attached hydrogens (tertiary/aromatic N) is 1. The van der Waals surface area contributed by atoms with Gasteiger partial charge in [-0.1, -0.05) is 0 Å². The van der Waals surface area contributed by atoms with Crippen LogP contribution in [0, 0.1) is 10.1 Å². The number of non-ortho nitro benzene ring substituents is 1. The summed E-state index contributed by atoms with van der Waals surface area (Å²) in [4.78, 5) is 22.5. The van der Waals surface area contributed by atoms with Crippen molar-refractivity contribution in [3.63, 3.8) is 0 Å². The average molecular weight is 360 g/mol. The number of nitrogens with one attached hydrogen (secondary N) is 2. The van der Waals surface area contributed by atoms with E-state index in [1.807, 2.05) is 25.6 Å². The quantitative estimate of drug-likeness (QED) is 0.623. The van der Waals surface area contributed by atoms with Crippen LogP contribution in [-0.2, 0) is 10.3 Å². The van der Waals surface area contributed by atoms with E-state index in [2.05, 4.69) is 10.6 Å². The largest absolute Gasteiger partial charge is 0.347 e. The van der Waals surface area contributed by atoms with Crippen molar-refractivity contribution < 1.29 is 9.72 Å². The molecule has 0 saturated carbocycles. The molecule has 0 aliphatic carbocycles. The van der Waals surface area contributed by atoms with E-state index in [1.54, 1.807) is 12.1 Å². The zero-order chi connectivity index (χ0) is 16.2. The third-order valence-electron chi connectivity index (χ3n) is 3.68. The highest BCUT2D eigenvalue weighted by molar-refractivity contribution is 7.99. The second-order valence-electron chi connectivity index (χ2n) is 5.91. The van der Waals surface area contributed by atoms with Gasteiger partial charge in [0.2, 0.25) is 5.91 Å². The minimum atomic E-state index is -0.561. The standard InChI is InChI=1S/C15H21N3O3S.ClH/c1-15(2,11-3-5-13(6-4-11)18(20)21)17-14(19)9-12-10-22-8-7-16-12;/h3-6,12,16H,7-10H2,1-2H3,(H,17,19);1H. The van der Waals surface area contributed by atoms with E-state index < -0.39 is 10.5 Å². The van der Waals surface area contributed by atoms with Crippen molar-refractivity contribution in [2.75, 3.05) is 18.1 Å². The number of hydrogen-bond donors (Lipinski definition) is 2. The number of nitro groups is 1. The van der Waals surface area contributed by atoms with Crippen LogP contribution >= 0.6 is 24.2 Å². The third kappa shape index (κ3) is 5.67. The van der Waals surface area contributed by atoms with Crippen LogP contribution < -0.4 is 10.6 Å². The smallest absolute Gasteiger partial charge is 0.269 e. The number of thioether (sulfide) groups is 1. The molecule has 23 heavy (non-hydrogen) atoms. The van der Waals surface area contributed by atoms with Gasteiger partial charge >= 0.3 is 0 Å². The predicted molar refractivity (Wildman–Crippen MR) is 95.2 cm³/mol. The second kappa shape index (κ2) is 8.52. The number of nitro benzene ring substituents is 1. The molecule has 2 N–H and O–H groups in total. The highest BCUT2D eigenvalue weighted by Crippen LogP contribution is 2.23. The van der Waals surface area contributed by atoms with Crippen molar-refractivity contribution in [1.29, 1.82) is 0 Å². The Labute approximate surface area is 146 Å². The number of hydrogen-bond acceptors (Lipinski definition) is 5. The maximum absolute atomic E-state index is 12.2. The van der Waals surface area contributed by atoms with Crippen LogP contribution in [-0.4, -0.2) is 34.9 Å². The van der Waals surface area contributed by atoms with Crippen LogP contribution in [0.1, 0.15) is 25.8 Å². The summed E-state index contributed by atoms with van der Waals surface area (Å²) < 4.78 is 0. The lowest BCUT2D eigenvalue weighted by Crippen LogP contribution is -2.46. The molecular weight excluding hydrogens is 338 g/mol. The van der Waals surface area contributed by atoms with Crippen LogP contribution in [0.5, 0.6) is 0 Å². The Morgan fingerprint density at radius 1 is 1.43 bits per heavy atom. The Hall–Kier alpha value is -1.31. The van der Waals surface area contributed by atoms with E-state index in [9.17, 15) is 14.9 Å². The molecule has 1 aromatic carbocycles. The SMILES string of the molecule is CC(C)(NC(=O)CC1CSCCN1)c1ccc([N+](=O)[O-])cc1.Cl. The molecule has 6 nitrogen and oxygen atoms in total. The van der Waals surface area contributed by atoms with Crippen molar-refractivity contribution in [2.45, 2.75) is 31.8 Å². The van der Waals surface area contributed by atoms with Gasteiger partial charge < -0.3 is 10.6 Å². The Morgan fingerprint density at radius 2 is 2.09 bits per heavy atom. The molecule has 1 aliphatic heterocycles. The van der Waals surface area contributed by atoms with E-state index in [0.717, 1.165) is 23.6 Å². The summed E-state index contributed by atoms with van der Waals surface area (Å²) in [5, 5.41) is 17.0. The minimum absolute atomic E-state index is 0. The monoisotopic (exact) mass is 359 g/mol. The van der Waals surface area contributed by atoms with E-state index >= 15 is 0 Å². The number of rotatable bonds is 5. The van der Waals surface area contributed by atoms with Gasteiger partial charge in [0, 0.05) is 42.6 Å². The molecule has 1 heterocycles. The topological polar surface area (TPSA) is 84.3 Å². The molecule has 1 unspecified atom stereocenters. The van der Waals surface area contributed by atoms with Gasteiger partial charge in [0.25, 0.3) is 5.69 Å². The lowest BCUT2D eigenvalue weighted by atomic mass is 9.93. The van der Waals surface area contributed by atoms with Crippen LogP contribution in [0.4, 0.5) is 5.69 Å². The predicted octanol–water partition coefficient (Wildman–Crippen LogP) is 2.46. The normalized spacial score (nSPS) is 17.9. The third-order valence-corrected chi connectivity index (χ3v) is 4.81. The molecule has 1 saturated heterocycles. The summed E-state index contributed by atoms with van der Waals surface area (Å²) in [5.74, 6) is 2.03. The first-order valence-corrected chi connectivity index (χ1v) is 8.41. The molecule has 0 aromatic heterocycles. The summed E-state index contributed by atoms with van der Waals surface area (Å²) in [6.07, 6.45) is 0.448. The fraction of sp³-hybridized carbons (Fsp3) is 0.533. The Kier molecular flexibility index (Phi) is 7.31. The fourth-order valence-corrected chi connectivity index (χ4v) is 3.40. The molecule has 1 aliphatic rings. The van der Waals surface area contributed by atoms with Crippen molar-refractivity contribution in [1.82, 2.24) is 10.6 Å². The van der Waals surface area contributed by atoms with Gasteiger partial charge in [-0.15, -0.1) is 12.4 Å². The van der Waals surface area contributed by atoms with Crippen molar-refractivity contribution in [2.24, 2.45) is 0 Å². The molecule has 0 spiro atoms. The van der Waals surface area contributed by atoms with Gasteiger partial charge in [0.05, 0.1) is 10.5 Å². The lowest BCUT2D eigenvalue weighted by Gasteiger charge is -2.29. The minimum Gasteiger partial charge on any atom is -0.347 e. The van der Waals surface area contributed by atoms with Crippen molar-refractivity contribution in [3.8, 4) is 0 Å². The Balaban J connectivity index is 0.00000264. The lowest BCUT2D eigenvalue weighted by molar-refractivity contribution is -0.384. The number of benzene rings is 1. The van der Waals surface area contributed by atoms with E-state index in [0.29, 0.717) is 6.42 Å². The second-order valence-corrected chi connectivity index (χ2v) is 7.06. The van der Waals surface area contributed by atoms with Gasteiger partial charge in [-0.25, -0.2) is 0 Å². The molecule has 128 valence electrons. The highest BCUT2D eigenvalue weighted by Gasteiger charge is 2.25. The highest BCUT2D eigenvalue weighted by atomic mass is 35.5. The maximum atomic E-state index is 12.2. The van der Waals surface area contributed by atoms with Crippen LogP contribution in [0.15, 0.2) is 24.3 Å². The van der Waals surface area contributed by atoms with Gasteiger partial charge in [0.1, 0.15) is 0 Å². The van der Waals surface area contributed by atoms with E-state index in [4.69, 9.17) is 0 Å². The van der Waals surface area contributed by atoms with Gasteiger partial charge in [-0.2, -0.15) is 11.8 Å². The Bertz CT molecular complexity index is 545. The molecule has 1 fully saturated rings. The summed E-state index contributed by atoms with van der Waals surface area (Å²) >= 11 is 1.86. The number of carbonyl (C=O) groups is 1. The Morgan fingerprint density at radius 3 is 2.61 bits per heavy atom. The van der Waals surface area contributed by atoms with Crippen LogP contribution in [0.3, 0.4) is 0 Å².